The predicted octanol–water partition coefficient (Wildman–Crippen LogP) is 5.49. The van der Waals surface area contributed by atoms with Crippen molar-refractivity contribution < 1.29 is 9.53 Å². The molecule has 0 fully saturated rings. The first kappa shape index (κ1) is 19.7. The Kier molecular flexibility index (Phi) is 5.51. The Morgan fingerprint density at radius 2 is 1.83 bits per heavy atom. The van der Waals surface area contributed by atoms with Crippen molar-refractivity contribution in [1.82, 2.24) is 4.57 Å². The zero-order valence-corrected chi connectivity index (χ0v) is 17.6. The van der Waals surface area contributed by atoms with Crippen molar-refractivity contribution in [2.75, 3.05) is 0 Å². The fourth-order valence-electron chi connectivity index (χ4n) is 3.38. The summed E-state index contributed by atoms with van der Waals surface area (Å²) in [4.78, 5) is 17.9. The number of aryl methyl sites for hydroxylation is 2. The molecular formula is C25H20N2O2S. The highest BCUT2D eigenvalue weighted by atomic mass is 32.1. The van der Waals surface area contributed by atoms with E-state index in [4.69, 9.17) is 11.2 Å². The summed E-state index contributed by atoms with van der Waals surface area (Å²) in [5.74, 6) is 3.63. The Morgan fingerprint density at radius 3 is 2.60 bits per heavy atom. The number of aromatic nitrogens is 1. The number of carbonyl (C=O) groups excluding carboxylic acids is 1. The lowest BCUT2D eigenvalue weighted by Crippen LogP contribution is -2.17. The van der Waals surface area contributed by atoms with Gasteiger partial charge in [-0.3, -0.25) is 4.79 Å². The van der Waals surface area contributed by atoms with Crippen LogP contribution in [-0.2, 0) is 6.54 Å². The summed E-state index contributed by atoms with van der Waals surface area (Å²) >= 11 is 1.47. The van der Waals surface area contributed by atoms with Gasteiger partial charge in [-0.2, -0.15) is 4.99 Å². The van der Waals surface area contributed by atoms with Crippen LogP contribution < -0.4 is 9.54 Å². The first-order valence-corrected chi connectivity index (χ1v) is 10.3. The quantitative estimate of drug-likeness (QED) is 0.416. The summed E-state index contributed by atoms with van der Waals surface area (Å²) in [7, 11) is 0. The Balaban J connectivity index is 1.73. The number of hydrogen-bond acceptors (Lipinski definition) is 3. The van der Waals surface area contributed by atoms with Crippen molar-refractivity contribution >= 4 is 27.5 Å². The molecule has 30 heavy (non-hydrogen) atoms. The summed E-state index contributed by atoms with van der Waals surface area (Å²) in [5.41, 5.74) is 3.76. The van der Waals surface area contributed by atoms with Gasteiger partial charge in [0.2, 0.25) is 0 Å². The molecule has 4 nitrogen and oxygen atoms in total. The minimum atomic E-state index is -0.333. The molecule has 0 N–H and O–H groups in total. The van der Waals surface area contributed by atoms with Crippen molar-refractivity contribution in [2.45, 2.75) is 20.4 Å². The second-order valence-corrected chi connectivity index (χ2v) is 7.97. The highest BCUT2D eigenvalue weighted by Gasteiger charge is 2.12. The van der Waals surface area contributed by atoms with Crippen LogP contribution in [0.1, 0.15) is 21.5 Å². The minimum Gasteiger partial charge on any atom is -0.457 e. The maximum absolute atomic E-state index is 12.9. The van der Waals surface area contributed by atoms with E-state index in [1.807, 2.05) is 47.9 Å². The molecule has 4 aromatic rings. The lowest BCUT2D eigenvalue weighted by Gasteiger charge is -2.06. The number of rotatable bonds is 4. The number of para-hydroxylation sites is 1. The van der Waals surface area contributed by atoms with Gasteiger partial charge in [0.15, 0.2) is 4.80 Å². The largest absolute Gasteiger partial charge is 0.457 e. The summed E-state index contributed by atoms with van der Waals surface area (Å²) < 4.78 is 8.83. The van der Waals surface area contributed by atoms with Gasteiger partial charge in [0, 0.05) is 5.56 Å². The van der Waals surface area contributed by atoms with Crippen LogP contribution in [0.25, 0.3) is 10.2 Å². The van der Waals surface area contributed by atoms with Gasteiger partial charge >= 0.3 is 0 Å². The number of fused-ring (bicyclic) bond motifs is 1. The van der Waals surface area contributed by atoms with Crippen molar-refractivity contribution in [3.8, 4) is 23.8 Å². The summed E-state index contributed by atoms with van der Waals surface area (Å²) in [5, 5.41) is 0. The van der Waals surface area contributed by atoms with Gasteiger partial charge in [0.25, 0.3) is 5.91 Å². The van der Waals surface area contributed by atoms with Crippen LogP contribution in [0.2, 0.25) is 0 Å². The standard InChI is InChI=1S/C25H20N2O2S/c1-4-13-27-23-18(3)14-17(2)15-22(23)30-25(27)26-24(28)19-9-8-12-21(16-19)29-20-10-6-5-7-11-20/h1,5-12,14-16H,13H2,2-3H3. The van der Waals surface area contributed by atoms with Gasteiger partial charge in [0.05, 0.1) is 16.8 Å². The van der Waals surface area contributed by atoms with Crippen LogP contribution in [0.4, 0.5) is 0 Å². The zero-order chi connectivity index (χ0) is 21.1. The van der Waals surface area contributed by atoms with E-state index >= 15 is 0 Å². The molecule has 0 spiro atoms. The molecule has 1 amide bonds. The van der Waals surface area contributed by atoms with Gasteiger partial charge in [-0.1, -0.05) is 47.6 Å². The minimum absolute atomic E-state index is 0.333. The molecule has 3 aromatic carbocycles. The smallest absolute Gasteiger partial charge is 0.279 e. The van der Waals surface area contributed by atoms with E-state index in [1.54, 1.807) is 18.2 Å². The second kappa shape index (κ2) is 8.40. The van der Waals surface area contributed by atoms with Gasteiger partial charge in [0.1, 0.15) is 11.5 Å². The molecule has 148 valence electrons. The predicted molar refractivity (Wildman–Crippen MR) is 121 cm³/mol. The highest BCUT2D eigenvalue weighted by Crippen LogP contribution is 2.24. The van der Waals surface area contributed by atoms with Gasteiger partial charge in [-0.05, 0) is 61.4 Å². The Labute approximate surface area is 179 Å². The molecule has 1 aromatic heterocycles. The number of ether oxygens (including phenoxy) is 1. The van der Waals surface area contributed by atoms with Gasteiger partial charge < -0.3 is 9.30 Å². The molecule has 0 aliphatic rings. The Morgan fingerprint density at radius 1 is 1.07 bits per heavy atom. The average Bonchev–Trinajstić information content (AvgIpc) is 3.06. The molecule has 0 atom stereocenters. The van der Waals surface area contributed by atoms with E-state index in [1.165, 1.54) is 11.3 Å². The molecule has 0 radical (unpaired) electrons. The normalized spacial score (nSPS) is 11.4. The second-order valence-electron chi connectivity index (χ2n) is 6.96. The van der Waals surface area contributed by atoms with E-state index in [9.17, 15) is 4.79 Å². The number of amides is 1. The average molecular weight is 413 g/mol. The lowest BCUT2D eigenvalue weighted by atomic mass is 10.1. The molecule has 0 saturated carbocycles. The van der Waals surface area contributed by atoms with Crippen LogP contribution in [0, 0.1) is 26.2 Å². The van der Waals surface area contributed by atoms with Gasteiger partial charge in [-0.25, -0.2) is 0 Å². The van der Waals surface area contributed by atoms with E-state index in [0.717, 1.165) is 21.3 Å². The third-order valence-corrected chi connectivity index (χ3v) is 5.64. The molecule has 4 rings (SSSR count). The summed E-state index contributed by atoms with van der Waals surface area (Å²) in [6.07, 6.45) is 5.59. The van der Waals surface area contributed by atoms with Crippen LogP contribution in [-0.4, -0.2) is 10.5 Å². The Hall–Kier alpha value is -3.62. The number of carbonyl (C=O) groups is 1. The molecule has 0 bridgehead atoms. The first-order chi connectivity index (χ1) is 14.5. The van der Waals surface area contributed by atoms with E-state index < -0.39 is 0 Å². The third-order valence-electron chi connectivity index (χ3n) is 4.62. The first-order valence-electron chi connectivity index (χ1n) is 9.51. The number of benzene rings is 3. The van der Waals surface area contributed by atoms with Gasteiger partial charge in [-0.15, -0.1) is 6.42 Å². The molecule has 0 aliphatic carbocycles. The van der Waals surface area contributed by atoms with Crippen molar-refractivity contribution in [3.63, 3.8) is 0 Å². The molecule has 0 saturated heterocycles. The fraction of sp³-hybridized carbons (Fsp3) is 0.120. The maximum Gasteiger partial charge on any atom is 0.279 e. The van der Waals surface area contributed by atoms with Crippen LogP contribution in [0.3, 0.4) is 0 Å². The van der Waals surface area contributed by atoms with E-state index in [0.29, 0.717) is 28.4 Å². The number of thiazole rings is 1. The van der Waals surface area contributed by atoms with Crippen LogP contribution in [0.5, 0.6) is 11.5 Å². The highest BCUT2D eigenvalue weighted by molar-refractivity contribution is 7.16. The molecule has 0 aliphatic heterocycles. The number of nitrogens with zero attached hydrogens (tertiary/aromatic N) is 2. The maximum atomic E-state index is 12.9. The van der Waals surface area contributed by atoms with Crippen molar-refractivity contribution in [2.24, 2.45) is 4.99 Å². The number of hydrogen-bond donors (Lipinski definition) is 0. The van der Waals surface area contributed by atoms with Crippen LogP contribution in [0.15, 0.2) is 71.7 Å². The Bertz CT molecular complexity index is 1340. The lowest BCUT2D eigenvalue weighted by molar-refractivity contribution is 0.0997. The molecular weight excluding hydrogens is 392 g/mol. The van der Waals surface area contributed by atoms with Crippen molar-refractivity contribution in [3.05, 3.63) is 88.2 Å². The fourth-order valence-corrected chi connectivity index (χ4v) is 4.59. The van der Waals surface area contributed by atoms with Crippen LogP contribution >= 0.6 is 11.3 Å². The third kappa shape index (κ3) is 4.05. The van der Waals surface area contributed by atoms with Crippen molar-refractivity contribution in [1.29, 1.82) is 0 Å². The molecule has 1 heterocycles. The SMILES string of the molecule is C#CCn1c(=NC(=O)c2cccc(Oc3ccccc3)c2)sc2cc(C)cc(C)c21. The van der Waals surface area contributed by atoms with E-state index in [2.05, 4.69) is 30.0 Å². The summed E-state index contributed by atoms with van der Waals surface area (Å²) in [6.45, 7) is 4.45. The monoisotopic (exact) mass is 412 g/mol. The molecule has 5 heteroatoms. The number of terminal acetylenes is 1. The topological polar surface area (TPSA) is 43.6 Å². The van der Waals surface area contributed by atoms with E-state index in [-0.39, 0.29) is 5.91 Å². The molecule has 0 unspecified atom stereocenters. The zero-order valence-electron chi connectivity index (χ0n) is 16.8. The summed E-state index contributed by atoms with van der Waals surface area (Å²) in [6, 6.07) is 20.7.